The summed E-state index contributed by atoms with van der Waals surface area (Å²) in [6.45, 7) is 4.40. The molecule has 0 spiro atoms. The molecule has 0 amide bonds. The first kappa shape index (κ1) is 18.8. The highest BCUT2D eigenvalue weighted by molar-refractivity contribution is 5.21. The Morgan fingerprint density at radius 2 is 2.04 bits per heavy atom. The monoisotopic (exact) mass is 365 g/mol. The largest absolute Gasteiger partial charge is 0.417 e. The average molecular weight is 365 g/mol. The van der Waals surface area contributed by atoms with E-state index in [1.54, 1.807) is 0 Å². The van der Waals surface area contributed by atoms with E-state index in [9.17, 15) is 13.2 Å². The fourth-order valence-corrected chi connectivity index (χ4v) is 2.93. The lowest BCUT2D eigenvalue weighted by atomic mass is 9.96. The molecule has 2 aromatic heterocycles. The Morgan fingerprint density at radius 1 is 1.19 bits per heavy atom. The Balaban J connectivity index is 1.55. The van der Waals surface area contributed by atoms with Crippen LogP contribution in [-0.4, -0.2) is 29.7 Å². The SMILES string of the molecule is CC(CCc1ccc(C(F)(F)F)cn1)c1ccc(C2CNCCO2)nc1. The van der Waals surface area contributed by atoms with Gasteiger partial charge in [0.2, 0.25) is 0 Å². The molecule has 1 saturated heterocycles. The van der Waals surface area contributed by atoms with Crippen LogP contribution in [0.1, 0.15) is 47.9 Å². The second kappa shape index (κ2) is 8.14. The number of aromatic nitrogens is 2. The highest BCUT2D eigenvalue weighted by atomic mass is 19.4. The molecule has 1 aliphatic rings. The number of rotatable bonds is 5. The summed E-state index contributed by atoms with van der Waals surface area (Å²) in [6.07, 6.45) is -0.182. The molecular formula is C19H22F3N3O. The third-order valence-electron chi connectivity index (χ3n) is 4.62. The zero-order valence-corrected chi connectivity index (χ0v) is 14.6. The Bertz CT molecular complexity index is 695. The molecule has 4 nitrogen and oxygen atoms in total. The lowest BCUT2D eigenvalue weighted by Gasteiger charge is -2.23. The van der Waals surface area contributed by atoms with Crippen LogP contribution in [0.3, 0.4) is 0 Å². The Morgan fingerprint density at radius 3 is 2.62 bits per heavy atom. The number of morpholine rings is 1. The molecule has 26 heavy (non-hydrogen) atoms. The number of hydrogen-bond donors (Lipinski definition) is 1. The van der Waals surface area contributed by atoms with Crippen molar-refractivity contribution in [2.24, 2.45) is 0 Å². The molecule has 0 saturated carbocycles. The number of halogens is 3. The van der Waals surface area contributed by atoms with Gasteiger partial charge < -0.3 is 10.1 Å². The van der Waals surface area contributed by atoms with Crippen molar-refractivity contribution in [3.63, 3.8) is 0 Å². The molecule has 7 heteroatoms. The molecule has 0 aromatic carbocycles. The van der Waals surface area contributed by atoms with Gasteiger partial charge in [-0.05, 0) is 42.5 Å². The summed E-state index contributed by atoms with van der Waals surface area (Å²) in [7, 11) is 0. The summed E-state index contributed by atoms with van der Waals surface area (Å²) < 4.78 is 43.4. The van der Waals surface area contributed by atoms with Crippen LogP contribution in [-0.2, 0) is 17.3 Å². The molecule has 3 rings (SSSR count). The molecule has 2 atom stereocenters. The van der Waals surface area contributed by atoms with Gasteiger partial charge in [-0.15, -0.1) is 0 Å². The summed E-state index contributed by atoms with van der Waals surface area (Å²) in [4.78, 5) is 8.44. The first-order valence-corrected chi connectivity index (χ1v) is 8.74. The molecule has 140 valence electrons. The van der Waals surface area contributed by atoms with Gasteiger partial charge in [-0.25, -0.2) is 0 Å². The first-order chi connectivity index (χ1) is 12.4. The molecule has 0 radical (unpaired) electrons. The molecular weight excluding hydrogens is 343 g/mol. The number of alkyl halides is 3. The van der Waals surface area contributed by atoms with E-state index in [1.807, 2.05) is 18.3 Å². The van der Waals surface area contributed by atoms with Gasteiger partial charge in [0.1, 0.15) is 6.10 Å². The van der Waals surface area contributed by atoms with E-state index in [2.05, 4.69) is 22.2 Å². The predicted molar refractivity (Wildman–Crippen MR) is 91.8 cm³/mol. The van der Waals surface area contributed by atoms with Crippen molar-refractivity contribution in [1.29, 1.82) is 0 Å². The highest BCUT2D eigenvalue weighted by Crippen LogP contribution is 2.29. The summed E-state index contributed by atoms with van der Waals surface area (Å²) in [6, 6.07) is 6.57. The van der Waals surface area contributed by atoms with Crippen LogP contribution >= 0.6 is 0 Å². The minimum absolute atomic E-state index is 0.00977. The molecule has 2 aromatic rings. The average Bonchev–Trinajstić information content (AvgIpc) is 2.66. The third-order valence-corrected chi connectivity index (χ3v) is 4.62. The summed E-state index contributed by atoms with van der Waals surface area (Å²) in [5.41, 5.74) is 1.96. The van der Waals surface area contributed by atoms with Gasteiger partial charge in [-0.3, -0.25) is 9.97 Å². The lowest BCUT2D eigenvalue weighted by molar-refractivity contribution is -0.137. The van der Waals surface area contributed by atoms with E-state index in [1.165, 1.54) is 6.07 Å². The number of pyridine rings is 2. The van der Waals surface area contributed by atoms with Crippen molar-refractivity contribution in [1.82, 2.24) is 15.3 Å². The zero-order chi connectivity index (χ0) is 18.6. The van der Waals surface area contributed by atoms with Crippen LogP contribution in [0.25, 0.3) is 0 Å². The maximum Gasteiger partial charge on any atom is 0.417 e. The van der Waals surface area contributed by atoms with Crippen LogP contribution in [0.2, 0.25) is 0 Å². The standard InChI is InChI=1S/C19H22F3N3O/c1-13(2-5-16-6-4-15(11-24-16)19(20,21)22)14-3-7-17(25-10-14)18-12-23-8-9-26-18/h3-4,6-7,10-11,13,18,23H,2,5,8-9,12H2,1H3. The maximum atomic E-state index is 12.6. The Labute approximate surface area is 150 Å². The number of nitrogens with one attached hydrogen (secondary N) is 1. The Hall–Kier alpha value is -1.99. The van der Waals surface area contributed by atoms with E-state index in [-0.39, 0.29) is 12.0 Å². The fourth-order valence-electron chi connectivity index (χ4n) is 2.93. The first-order valence-electron chi connectivity index (χ1n) is 8.74. The van der Waals surface area contributed by atoms with Crippen LogP contribution in [0.4, 0.5) is 13.2 Å². The van der Waals surface area contributed by atoms with Crippen molar-refractivity contribution in [2.75, 3.05) is 19.7 Å². The van der Waals surface area contributed by atoms with E-state index < -0.39 is 11.7 Å². The summed E-state index contributed by atoms with van der Waals surface area (Å²) >= 11 is 0. The number of ether oxygens (including phenoxy) is 1. The quantitative estimate of drug-likeness (QED) is 0.873. The maximum absolute atomic E-state index is 12.6. The van der Waals surface area contributed by atoms with E-state index in [0.29, 0.717) is 18.7 Å². The lowest BCUT2D eigenvalue weighted by Crippen LogP contribution is -2.33. The van der Waals surface area contributed by atoms with Gasteiger partial charge in [0.05, 0.1) is 17.9 Å². The van der Waals surface area contributed by atoms with Crippen molar-refractivity contribution < 1.29 is 17.9 Å². The van der Waals surface area contributed by atoms with Crippen molar-refractivity contribution >= 4 is 0 Å². The van der Waals surface area contributed by atoms with Gasteiger partial charge in [-0.1, -0.05) is 13.0 Å². The van der Waals surface area contributed by atoms with Gasteiger partial charge in [0.25, 0.3) is 0 Å². The van der Waals surface area contributed by atoms with Crippen LogP contribution < -0.4 is 5.32 Å². The van der Waals surface area contributed by atoms with Gasteiger partial charge >= 0.3 is 6.18 Å². The second-order valence-corrected chi connectivity index (χ2v) is 6.56. The van der Waals surface area contributed by atoms with Crippen LogP contribution in [0.15, 0.2) is 36.7 Å². The molecule has 1 N–H and O–H groups in total. The number of hydrogen-bond acceptors (Lipinski definition) is 4. The molecule has 0 aliphatic carbocycles. The highest BCUT2D eigenvalue weighted by Gasteiger charge is 2.30. The smallest absolute Gasteiger partial charge is 0.369 e. The molecule has 3 heterocycles. The van der Waals surface area contributed by atoms with Gasteiger partial charge in [0, 0.05) is 31.2 Å². The van der Waals surface area contributed by atoms with E-state index in [4.69, 9.17) is 4.74 Å². The molecule has 1 aliphatic heterocycles. The summed E-state index contributed by atoms with van der Waals surface area (Å²) in [5.74, 6) is 0.242. The second-order valence-electron chi connectivity index (χ2n) is 6.56. The normalized spacial score (nSPS) is 19.3. The van der Waals surface area contributed by atoms with Gasteiger partial charge in [-0.2, -0.15) is 13.2 Å². The van der Waals surface area contributed by atoms with Crippen LogP contribution in [0, 0.1) is 0 Å². The van der Waals surface area contributed by atoms with Crippen molar-refractivity contribution in [2.45, 2.75) is 38.0 Å². The van der Waals surface area contributed by atoms with E-state index >= 15 is 0 Å². The molecule has 2 unspecified atom stereocenters. The Kier molecular flexibility index (Phi) is 5.88. The molecule has 1 fully saturated rings. The minimum Gasteiger partial charge on any atom is -0.369 e. The minimum atomic E-state index is -4.34. The number of nitrogens with zero attached hydrogens (tertiary/aromatic N) is 2. The van der Waals surface area contributed by atoms with Crippen LogP contribution in [0.5, 0.6) is 0 Å². The topological polar surface area (TPSA) is 47.0 Å². The zero-order valence-electron chi connectivity index (χ0n) is 14.6. The molecule has 0 bridgehead atoms. The fraction of sp³-hybridized carbons (Fsp3) is 0.474. The number of aryl methyl sites for hydroxylation is 1. The third kappa shape index (κ3) is 4.80. The van der Waals surface area contributed by atoms with Gasteiger partial charge in [0.15, 0.2) is 0 Å². The summed E-state index contributed by atoms with van der Waals surface area (Å²) in [5, 5.41) is 3.28. The van der Waals surface area contributed by atoms with Crippen molar-refractivity contribution in [3.05, 3.63) is 59.2 Å². The van der Waals surface area contributed by atoms with E-state index in [0.717, 1.165) is 43.0 Å². The van der Waals surface area contributed by atoms with Crippen molar-refractivity contribution in [3.8, 4) is 0 Å². The predicted octanol–water partition coefficient (Wildman–Crippen LogP) is 3.89.